The summed E-state index contributed by atoms with van der Waals surface area (Å²) >= 11 is 0. The predicted molar refractivity (Wildman–Crippen MR) is 107 cm³/mol. The average Bonchev–Trinajstić information content (AvgIpc) is 2.74. The summed E-state index contributed by atoms with van der Waals surface area (Å²) in [5.74, 6) is 0.885. The molecule has 6 heteroatoms. The molecule has 3 amide bonds. The highest BCUT2D eigenvalue weighted by molar-refractivity contribution is 5.87. The van der Waals surface area contributed by atoms with E-state index in [0.29, 0.717) is 19.6 Å². The minimum absolute atomic E-state index is 0.110. The van der Waals surface area contributed by atoms with Crippen molar-refractivity contribution in [2.75, 3.05) is 19.7 Å². The van der Waals surface area contributed by atoms with Crippen LogP contribution in [0.4, 0.5) is 4.79 Å². The van der Waals surface area contributed by atoms with Crippen molar-refractivity contribution in [3.8, 4) is 16.9 Å². The summed E-state index contributed by atoms with van der Waals surface area (Å²) in [6.45, 7) is 4.00. The Kier molecular flexibility index (Phi) is 5.19. The van der Waals surface area contributed by atoms with Crippen LogP contribution >= 0.6 is 0 Å². The number of nitrogens with zero attached hydrogens (tertiary/aromatic N) is 1. The normalized spacial score (nSPS) is 18.7. The monoisotopic (exact) mass is 379 g/mol. The fraction of sp³-hybridized carbons (Fsp3) is 0.364. The van der Waals surface area contributed by atoms with Gasteiger partial charge in [0.15, 0.2) is 0 Å². The van der Waals surface area contributed by atoms with E-state index in [2.05, 4.69) is 34.9 Å². The Hall–Kier alpha value is -3.02. The Morgan fingerprint density at radius 2 is 2.00 bits per heavy atom. The van der Waals surface area contributed by atoms with Crippen molar-refractivity contribution >= 4 is 11.9 Å². The molecular weight excluding hydrogens is 354 g/mol. The highest BCUT2D eigenvalue weighted by atomic mass is 16.5. The first kappa shape index (κ1) is 18.3. The quantitative estimate of drug-likeness (QED) is 0.861. The summed E-state index contributed by atoms with van der Waals surface area (Å²) in [5.41, 5.74) is 4.60. The number of nitrogens with one attached hydrogen (secondary N) is 2. The number of carbonyl (C=O) groups excluding carboxylic acids is 2. The van der Waals surface area contributed by atoms with E-state index in [4.69, 9.17) is 4.74 Å². The first-order chi connectivity index (χ1) is 13.6. The number of rotatable bonds is 3. The van der Waals surface area contributed by atoms with Crippen molar-refractivity contribution < 1.29 is 14.3 Å². The summed E-state index contributed by atoms with van der Waals surface area (Å²) in [7, 11) is 0. The van der Waals surface area contributed by atoms with Crippen LogP contribution in [0.3, 0.4) is 0 Å². The van der Waals surface area contributed by atoms with E-state index in [1.165, 1.54) is 11.1 Å². The van der Waals surface area contributed by atoms with E-state index < -0.39 is 6.04 Å². The average molecular weight is 379 g/mol. The van der Waals surface area contributed by atoms with Gasteiger partial charge in [-0.15, -0.1) is 0 Å². The molecule has 2 aromatic carbocycles. The standard InChI is InChI=1S/C22H25N3O3/c1-15-21(26)23-10-11-25(15)22(27)24-14-16-4-6-17(7-5-16)18-8-9-20-19(13-18)3-2-12-28-20/h4-9,13,15H,2-3,10-12,14H2,1H3,(H,23,26)(H,24,27). The van der Waals surface area contributed by atoms with Gasteiger partial charge < -0.3 is 20.3 Å². The highest BCUT2D eigenvalue weighted by Gasteiger charge is 2.28. The first-order valence-corrected chi connectivity index (χ1v) is 9.79. The summed E-state index contributed by atoms with van der Waals surface area (Å²) in [5, 5.41) is 5.67. The topological polar surface area (TPSA) is 70.7 Å². The lowest BCUT2D eigenvalue weighted by atomic mass is 9.98. The SMILES string of the molecule is CC1C(=O)NCCN1C(=O)NCc1ccc(-c2ccc3c(c2)CCCO3)cc1. The van der Waals surface area contributed by atoms with Crippen LogP contribution in [0.15, 0.2) is 42.5 Å². The summed E-state index contributed by atoms with van der Waals surface area (Å²) in [4.78, 5) is 25.7. The lowest BCUT2D eigenvalue weighted by Crippen LogP contribution is -2.58. The Labute approximate surface area is 164 Å². The molecule has 0 aromatic heterocycles. The van der Waals surface area contributed by atoms with E-state index in [1.807, 2.05) is 18.2 Å². The second kappa shape index (κ2) is 7.92. The minimum Gasteiger partial charge on any atom is -0.493 e. The van der Waals surface area contributed by atoms with E-state index in [9.17, 15) is 9.59 Å². The summed E-state index contributed by atoms with van der Waals surface area (Å²) < 4.78 is 5.68. The molecule has 0 aliphatic carbocycles. The van der Waals surface area contributed by atoms with Crippen LogP contribution in [0.5, 0.6) is 5.75 Å². The third-order valence-corrected chi connectivity index (χ3v) is 5.40. The Bertz CT molecular complexity index is 879. The van der Waals surface area contributed by atoms with Crippen molar-refractivity contribution in [2.24, 2.45) is 0 Å². The number of urea groups is 1. The molecule has 2 N–H and O–H groups in total. The van der Waals surface area contributed by atoms with Crippen LogP contribution in [0.25, 0.3) is 11.1 Å². The molecule has 1 unspecified atom stereocenters. The van der Waals surface area contributed by atoms with Gasteiger partial charge in [-0.25, -0.2) is 4.79 Å². The molecule has 2 aliphatic heterocycles. The fourth-order valence-corrected chi connectivity index (χ4v) is 3.69. The zero-order chi connectivity index (χ0) is 19.5. The van der Waals surface area contributed by atoms with Crippen LogP contribution in [0, 0.1) is 0 Å². The number of amides is 3. The van der Waals surface area contributed by atoms with Gasteiger partial charge in [-0.2, -0.15) is 0 Å². The molecule has 4 rings (SSSR count). The van der Waals surface area contributed by atoms with Crippen molar-refractivity contribution in [1.82, 2.24) is 15.5 Å². The smallest absolute Gasteiger partial charge is 0.318 e. The van der Waals surface area contributed by atoms with Crippen molar-refractivity contribution in [2.45, 2.75) is 32.4 Å². The number of carbonyl (C=O) groups is 2. The van der Waals surface area contributed by atoms with Crippen LogP contribution < -0.4 is 15.4 Å². The Morgan fingerprint density at radius 1 is 1.21 bits per heavy atom. The van der Waals surface area contributed by atoms with Gasteiger partial charge in [0.1, 0.15) is 11.8 Å². The molecule has 6 nitrogen and oxygen atoms in total. The van der Waals surface area contributed by atoms with Crippen LogP contribution in [-0.2, 0) is 17.8 Å². The number of aryl methyl sites for hydroxylation is 1. The molecule has 2 aromatic rings. The third kappa shape index (κ3) is 3.81. The molecule has 1 saturated heterocycles. The minimum atomic E-state index is -0.441. The molecule has 0 radical (unpaired) electrons. The lowest BCUT2D eigenvalue weighted by Gasteiger charge is -2.32. The second-order valence-electron chi connectivity index (χ2n) is 7.29. The molecular formula is C22H25N3O3. The zero-order valence-electron chi connectivity index (χ0n) is 16.0. The lowest BCUT2D eigenvalue weighted by molar-refractivity contribution is -0.126. The van der Waals surface area contributed by atoms with Gasteiger partial charge in [0.05, 0.1) is 6.61 Å². The van der Waals surface area contributed by atoms with Crippen molar-refractivity contribution in [1.29, 1.82) is 0 Å². The molecule has 1 fully saturated rings. The summed E-state index contributed by atoms with van der Waals surface area (Å²) in [6, 6.07) is 13.9. The number of ether oxygens (including phenoxy) is 1. The van der Waals surface area contributed by atoms with E-state index in [1.54, 1.807) is 11.8 Å². The molecule has 2 heterocycles. The first-order valence-electron chi connectivity index (χ1n) is 9.79. The molecule has 1 atom stereocenters. The maximum absolute atomic E-state index is 12.4. The second-order valence-corrected chi connectivity index (χ2v) is 7.29. The maximum Gasteiger partial charge on any atom is 0.318 e. The van der Waals surface area contributed by atoms with Gasteiger partial charge in [-0.05, 0) is 54.2 Å². The molecule has 0 bridgehead atoms. The van der Waals surface area contributed by atoms with Crippen molar-refractivity contribution in [3.63, 3.8) is 0 Å². The Morgan fingerprint density at radius 3 is 2.82 bits per heavy atom. The third-order valence-electron chi connectivity index (χ3n) is 5.40. The van der Waals surface area contributed by atoms with E-state index in [0.717, 1.165) is 36.3 Å². The fourth-order valence-electron chi connectivity index (χ4n) is 3.69. The molecule has 146 valence electrons. The number of hydrogen-bond donors (Lipinski definition) is 2. The van der Waals surface area contributed by atoms with Gasteiger partial charge in [-0.1, -0.05) is 30.3 Å². The van der Waals surface area contributed by atoms with E-state index in [-0.39, 0.29) is 11.9 Å². The van der Waals surface area contributed by atoms with Gasteiger partial charge in [0.2, 0.25) is 5.91 Å². The summed E-state index contributed by atoms with van der Waals surface area (Å²) in [6.07, 6.45) is 2.12. The number of hydrogen-bond acceptors (Lipinski definition) is 3. The van der Waals surface area contributed by atoms with Gasteiger partial charge in [-0.3, -0.25) is 4.79 Å². The van der Waals surface area contributed by atoms with Crippen LogP contribution in [-0.4, -0.2) is 42.6 Å². The van der Waals surface area contributed by atoms with Gasteiger partial charge in [0, 0.05) is 19.6 Å². The maximum atomic E-state index is 12.4. The Balaban J connectivity index is 1.38. The molecule has 0 spiro atoms. The number of benzene rings is 2. The molecule has 0 saturated carbocycles. The molecule has 2 aliphatic rings. The zero-order valence-corrected chi connectivity index (χ0v) is 16.0. The van der Waals surface area contributed by atoms with E-state index >= 15 is 0 Å². The van der Waals surface area contributed by atoms with Gasteiger partial charge >= 0.3 is 6.03 Å². The van der Waals surface area contributed by atoms with Crippen LogP contribution in [0.1, 0.15) is 24.5 Å². The highest BCUT2D eigenvalue weighted by Crippen LogP contribution is 2.30. The molecule has 28 heavy (non-hydrogen) atoms. The largest absolute Gasteiger partial charge is 0.493 e. The number of fused-ring (bicyclic) bond motifs is 1. The number of piperazine rings is 1. The predicted octanol–water partition coefficient (Wildman–Crippen LogP) is 2.71. The van der Waals surface area contributed by atoms with Crippen LogP contribution in [0.2, 0.25) is 0 Å². The van der Waals surface area contributed by atoms with Gasteiger partial charge in [0.25, 0.3) is 0 Å². The van der Waals surface area contributed by atoms with Crippen molar-refractivity contribution in [3.05, 3.63) is 53.6 Å².